The van der Waals surface area contributed by atoms with Crippen molar-refractivity contribution in [3.8, 4) is 11.6 Å². The number of aromatic nitrogens is 8. The van der Waals surface area contributed by atoms with Crippen LogP contribution in [0.3, 0.4) is 0 Å². The van der Waals surface area contributed by atoms with Crippen LogP contribution in [-0.4, -0.2) is 77.5 Å². The number of halogens is 1. The Morgan fingerprint density at radius 3 is 1.84 bits per heavy atom. The van der Waals surface area contributed by atoms with Gasteiger partial charge in [0.05, 0.1) is 31.2 Å². The molecule has 0 bridgehead atoms. The second-order valence-corrected chi connectivity index (χ2v) is 11.8. The lowest BCUT2D eigenvalue weighted by Gasteiger charge is -2.13. The maximum absolute atomic E-state index is 15.2. The van der Waals surface area contributed by atoms with Gasteiger partial charge in [-0.3, -0.25) is 18.7 Å². The van der Waals surface area contributed by atoms with Crippen molar-refractivity contribution in [2.45, 2.75) is 19.3 Å². The van der Waals surface area contributed by atoms with Gasteiger partial charge in [0.25, 0.3) is 11.8 Å². The molecule has 0 radical (unpaired) electrons. The van der Waals surface area contributed by atoms with Gasteiger partial charge in [0.2, 0.25) is 0 Å². The molecular weight excluding hydrogens is 683 g/mol. The Kier molecular flexibility index (Phi) is 10.2. The number of amides is 2. The minimum atomic E-state index is -0.846. The summed E-state index contributed by atoms with van der Waals surface area (Å²) in [6, 6.07) is 10.1. The van der Waals surface area contributed by atoms with E-state index in [0.717, 1.165) is 24.5 Å². The number of benzene rings is 1. The number of imidazole rings is 2. The van der Waals surface area contributed by atoms with Gasteiger partial charge in [-0.2, -0.15) is 0 Å². The third-order valence-electron chi connectivity index (χ3n) is 7.42. The molecule has 0 saturated heterocycles. The zero-order valence-electron chi connectivity index (χ0n) is 26.9. The quantitative estimate of drug-likeness (QED) is 0.173. The standard InChI is InChI=1S/C33H27FN10O6S/c1-49-32(47)21-16-22(34)19(14-25(21)37-30(45)23-6-8-27(41-39-23)43-12-10-35-17-43)4-3-5-20-15-26(29(51-20)33(48)50-2)38-31(46)24-7-9-28(42-40-24)44-13-11-36-18-44/h6-18H,3-5H2,1-2H3,(H,37,45)(H,38,46). The molecule has 5 aromatic heterocycles. The Balaban J connectivity index is 1.14. The van der Waals surface area contributed by atoms with Crippen LogP contribution >= 0.6 is 11.3 Å². The second kappa shape index (κ2) is 15.2. The van der Waals surface area contributed by atoms with Crippen LogP contribution in [0.15, 0.2) is 79.9 Å². The molecule has 0 aliphatic heterocycles. The number of rotatable bonds is 12. The van der Waals surface area contributed by atoms with Crippen LogP contribution in [-0.2, 0) is 22.3 Å². The van der Waals surface area contributed by atoms with E-state index in [1.807, 2.05) is 0 Å². The highest BCUT2D eigenvalue weighted by atomic mass is 32.1. The molecule has 16 nitrogen and oxygen atoms in total. The Bertz CT molecular complexity index is 2190. The summed E-state index contributed by atoms with van der Waals surface area (Å²) >= 11 is 1.12. The average molecular weight is 711 g/mol. The molecule has 51 heavy (non-hydrogen) atoms. The summed E-state index contributed by atoms with van der Waals surface area (Å²) in [7, 11) is 2.38. The zero-order chi connectivity index (χ0) is 35.9. The van der Waals surface area contributed by atoms with E-state index in [1.165, 1.54) is 31.6 Å². The fraction of sp³-hybridized carbons (Fsp3) is 0.152. The summed E-state index contributed by atoms with van der Waals surface area (Å²) in [5.74, 6) is -2.52. The van der Waals surface area contributed by atoms with Crippen molar-refractivity contribution in [1.82, 2.24) is 39.5 Å². The van der Waals surface area contributed by atoms with Gasteiger partial charge in [-0.25, -0.2) is 23.9 Å². The zero-order valence-corrected chi connectivity index (χ0v) is 27.8. The molecule has 6 aromatic rings. The number of aryl methyl sites for hydroxylation is 2. The van der Waals surface area contributed by atoms with Gasteiger partial charge < -0.3 is 20.1 Å². The first-order valence-corrected chi connectivity index (χ1v) is 15.9. The first-order chi connectivity index (χ1) is 24.7. The molecule has 0 unspecified atom stereocenters. The molecule has 0 spiro atoms. The summed E-state index contributed by atoms with van der Waals surface area (Å²) < 4.78 is 28.2. The molecule has 5 heterocycles. The molecule has 0 saturated carbocycles. The van der Waals surface area contributed by atoms with E-state index in [0.29, 0.717) is 29.4 Å². The average Bonchev–Trinajstić information content (AvgIpc) is 3.96. The van der Waals surface area contributed by atoms with Gasteiger partial charge in [0.15, 0.2) is 23.0 Å². The predicted molar refractivity (Wildman–Crippen MR) is 180 cm³/mol. The van der Waals surface area contributed by atoms with Crippen molar-refractivity contribution in [1.29, 1.82) is 0 Å². The molecule has 0 aliphatic rings. The van der Waals surface area contributed by atoms with Crippen molar-refractivity contribution in [3.63, 3.8) is 0 Å². The van der Waals surface area contributed by atoms with Crippen molar-refractivity contribution in [3.05, 3.63) is 118 Å². The van der Waals surface area contributed by atoms with E-state index < -0.39 is 29.6 Å². The summed E-state index contributed by atoms with van der Waals surface area (Å²) in [4.78, 5) is 59.9. The number of carbonyl (C=O) groups excluding carboxylic acids is 4. The van der Waals surface area contributed by atoms with Gasteiger partial charge in [0, 0.05) is 29.7 Å². The molecule has 0 fully saturated rings. The molecule has 2 N–H and O–H groups in total. The molecule has 6 rings (SSSR count). The highest BCUT2D eigenvalue weighted by molar-refractivity contribution is 7.14. The number of methoxy groups -OCH3 is 2. The Morgan fingerprint density at radius 1 is 0.745 bits per heavy atom. The summed E-state index contributed by atoms with van der Waals surface area (Å²) in [5, 5.41) is 21.3. The fourth-order valence-corrected chi connectivity index (χ4v) is 5.95. The minimum Gasteiger partial charge on any atom is -0.465 e. The number of carbonyl (C=O) groups is 4. The molecule has 2 amide bonds. The van der Waals surface area contributed by atoms with Crippen LogP contribution in [0, 0.1) is 5.82 Å². The van der Waals surface area contributed by atoms with Crippen LogP contribution in [0.5, 0.6) is 0 Å². The molecule has 1 aromatic carbocycles. The summed E-state index contributed by atoms with van der Waals surface area (Å²) in [6.07, 6.45) is 10.6. The highest BCUT2D eigenvalue weighted by Crippen LogP contribution is 2.30. The lowest BCUT2D eigenvalue weighted by atomic mass is 10.0. The van der Waals surface area contributed by atoms with Crippen molar-refractivity contribution >= 4 is 46.5 Å². The fourth-order valence-electron chi connectivity index (χ4n) is 4.88. The lowest BCUT2D eigenvalue weighted by Crippen LogP contribution is -2.18. The number of esters is 2. The molecule has 18 heteroatoms. The maximum atomic E-state index is 15.2. The molecule has 258 valence electrons. The number of hydrogen-bond donors (Lipinski definition) is 2. The highest BCUT2D eigenvalue weighted by Gasteiger charge is 2.22. The van der Waals surface area contributed by atoms with Crippen molar-refractivity contribution in [2.24, 2.45) is 0 Å². The van der Waals surface area contributed by atoms with Gasteiger partial charge in [-0.1, -0.05) is 0 Å². The monoisotopic (exact) mass is 710 g/mol. The number of ether oxygens (including phenoxy) is 2. The number of nitrogens with zero attached hydrogens (tertiary/aromatic N) is 8. The minimum absolute atomic E-state index is 0.0229. The lowest BCUT2D eigenvalue weighted by molar-refractivity contribution is 0.0594. The van der Waals surface area contributed by atoms with Crippen molar-refractivity contribution < 1.29 is 33.0 Å². The van der Waals surface area contributed by atoms with E-state index in [2.05, 4.69) is 41.0 Å². The smallest absolute Gasteiger partial charge is 0.350 e. The first kappa shape index (κ1) is 34.2. The Labute approximate surface area is 292 Å². The number of anilines is 2. The van der Waals surface area contributed by atoms with Gasteiger partial charge in [-0.05, 0) is 67.3 Å². The van der Waals surface area contributed by atoms with Gasteiger partial charge >= 0.3 is 11.9 Å². The summed E-state index contributed by atoms with van der Waals surface area (Å²) in [6.45, 7) is 0. The van der Waals surface area contributed by atoms with Crippen LogP contribution in [0.1, 0.15) is 57.9 Å². The van der Waals surface area contributed by atoms with Gasteiger partial charge in [-0.15, -0.1) is 31.7 Å². The normalized spacial score (nSPS) is 10.8. The molecule has 0 atom stereocenters. The largest absolute Gasteiger partial charge is 0.465 e. The number of nitrogens with one attached hydrogen (secondary N) is 2. The van der Waals surface area contributed by atoms with E-state index in [1.54, 1.807) is 58.4 Å². The third-order valence-corrected chi connectivity index (χ3v) is 8.59. The van der Waals surface area contributed by atoms with Gasteiger partial charge in [0.1, 0.15) is 23.3 Å². The van der Waals surface area contributed by atoms with Crippen LogP contribution in [0.25, 0.3) is 11.6 Å². The van der Waals surface area contributed by atoms with Crippen LogP contribution in [0.2, 0.25) is 0 Å². The second-order valence-electron chi connectivity index (χ2n) is 10.7. The topological polar surface area (TPSA) is 198 Å². The van der Waals surface area contributed by atoms with E-state index >= 15 is 4.39 Å². The predicted octanol–water partition coefficient (Wildman–Crippen LogP) is 4.09. The first-order valence-electron chi connectivity index (χ1n) is 15.1. The third kappa shape index (κ3) is 7.81. The Morgan fingerprint density at radius 2 is 1.33 bits per heavy atom. The van der Waals surface area contributed by atoms with Crippen molar-refractivity contribution in [2.75, 3.05) is 24.9 Å². The molecule has 0 aliphatic carbocycles. The maximum Gasteiger partial charge on any atom is 0.350 e. The number of hydrogen-bond acceptors (Lipinski definition) is 13. The number of thiophene rings is 1. The molecular formula is C33H27FN10O6S. The van der Waals surface area contributed by atoms with Crippen LogP contribution < -0.4 is 10.6 Å². The van der Waals surface area contributed by atoms with E-state index in [-0.39, 0.29) is 45.2 Å². The van der Waals surface area contributed by atoms with Crippen LogP contribution in [0.4, 0.5) is 15.8 Å². The Hall–Kier alpha value is -6.69. The van der Waals surface area contributed by atoms with E-state index in [4.69, 9.17) is 9.47 Å². The summed E-state index contributed by atoms with van der Waals surface area (Å²) in [5.41, 5.74) is 0.273. The SMILES string of the molecule is COC(=O)c1cc(F)c(CCCc2cc(NC(=O)c3ccc(-n4ccnc4)nn3)c(C(=O)OC)s2)cc1NC(=O)c1ccc(-n2ccnc2)nn1. The van der Waals surface area contributed by atoms with E-state index in [9.17, 15) is 19.2 Å².